The molecular weight excluding hydrogens is 294 g/mol. The first-order valence-electron chi connectivity index (χ1n) is 7.39. The van der Waals surface area contributed by atoms with Gasteiger partial charge in [-0.15, -0.1) is 12.4 Å². The van der Waals surface area contributed by atoms with Crippen molar-refractivity contribution in [1.82, 2.24) is 15.5 Å². The van der Waals surface area contributed by atoms with Crippen molar-refractivity contribution in [3.63, 3.8) is 0 Å². The lowest BCUT2D eigenvalue weighted by atomic mass is 9.94. The number of carbonyl (C=O) groups is 2. The summed E-state index contributed by atoms with van der Waals surface area (Å²) in [4.78, 5) is 25.8. The average Bonchev–Trinajstić information content (AvgIpc) is 2.80. The van der Waals surface area contributed by atoms with Gasteiger partial charge in [0.1, 0.15) is 0 Å². The fourth-order valence-electron chi connectivity index (χ4n) is 2.89. The predicted molar refractivity (Wildman–Crippen MR) is 82.4 cm³/mol. The fourth-order valence-corrected chi connectivity index (χ4v) is 2.89. The number of rotatable bonds is 5. The highest BCUT2D eigenvalue weighted by Gasteiger charge is 2.35. The van der Waals surface area contributed by atoms with Crippen LogP contribution in [0.15, 0.2) is 0 Å². The van der Waals surface area contributed by atoms with Crippen LogP contribution in [-0.4, -0.2) is 62.7 Å². The molecule has 2 heterocycles. The van der Waals surface area contributed by atoms with Crippen molar-refractivity contribution in [3.8, 4) is 0 Å². The van der Waals surface area contributed by atoms with Gasteiger partial charge in [0.2, 0.25) is 11.8 Å². The van der Waals surface area contributed by atoms with Crippen molar-refractivity contribution >= 4 is 24.2 Å². The van der Waals surface area contributed by atoms with Gasteiger partial charge >= 0.3 is 0 Å². The molecule has 7 heteroatoms. The number of piperidine rings is 1. The molecule has 122 valence electrons. The third-order valence-electron chi connectivity index (χ3n) is 4.26. The Morgan fingerprint density at radius 1 is 1.52 bits per heavy atom. The maximum atomic E-state index is 12.3. The molecule has 0 aliphatic carbocycles. The molecule has 0 radical (unpaired) electrons. The van der Waals surface area contributed by atoms with Crippen LogP contribution >= 0.6 is 12.4 Å². The number of amides is 2. The molecule has 21 heavy (non-hydrogen) atoms. The Morgan fingerprint density at radius 3 is 2.95 bits per heavy atom. The predicted octanol–water partition coefficient (Wildman–Crippen LogP) is 0.0173. The second kappa shape index (κ2) is 8.56. The van der Waals surface area contributed by atoms with Crippen LogP contribution in [0.1, 0.15) is 19.8 Å². The highest BCUT2D eigenvalue weighted by Crippen LogP contribution is 2.19. The highest BCUT2D eigenvalue weighted by atomic mass is 35.5. The summed E-state index contributed by atoms with van der Waals surface area (Å²) in [7, 11) is 1.61. The molecule has 2 saturated heterocycles. The third kappa shape index (κ3) is 4.83. The van der Waals surface area contributed by atoms with Crippen molar-refractivity contribution in [3.05, 3.63) is 0 Å². The van der Waals surface area contributed by atoms with Gasteiger partial charge in [0.05, 0.1) is 12.5 Å². The minimum Gasteiger partial charge on any atom is -0.383 e. The minimum absolute atomic E-state index is 0. The first kappa shape index (κ1) is 18.2. The number of hydrogen-bond donors (Lipinski definition) is 2. The standard InChI is InChI=1S/C14H25N3O3.ClH/c1-10-8-15-4-3-12(10)16-14(19)11-7-13(18)17(9-11)5-6-20-2;/h10-12,15H,3-9H2,1-2H3,(H,16,19);1H. The molecule has 6 nitrogen and oxygen atoms in total. The molecule has 0 aromatic heterocycles. The smallest absolute Gasteiger partial charge is 0.225 e. The number of likely N-dealkylation sites (tertiary alicyclic amines) is 1. The van der Waals surface area contributed by atoms with E-state index in [9.17, 15) is 9.59 Å². The van der Waals surface area contributed by atoms with Crippen LogP contribution in [0.2, 0.25) is 0 Å². The summed E-state index contributed by atoms with van der Waals surface area (Å²) >= 11 is 0. The largest absolute Gasteiger partial charge is 0.383 e. The summed E-state index contributed by atoms with van der Waals surface area (Å²) < 4.78 is 4.98. The van der Waals surface area contributed by atoms with Crippen LogP contribution < -0.4 is 10.6 Å². The van der Waals surface area contributed by atoms with Crippen LogP contribution in [-0.2, 0) is 14.3 Å². The number of methoxy groups -OCH3 is 1. The Bertz CT molecular complexity index is 367. The maximum Gasteiger partial charge on any atom is 0.225 e. The van der Waals surface area contributed by atoms with E-state index >= 15 is 0 Å². The molecule has 3 atom stereocenters. The Kier molecular flexibility index (Phi) is 7.42. The van der Waals surface area contributed by atoms with E-state index in [4.69, 9.17) is 4.74 Å². The number of carbonyl (C=O) groups excluding carboxylic acids is 2. The van der Waals surface area contributed by atoms with E-state index in [1.807, 2.05) is 0 Å². The van der Waals surface area contributed by atoms with Gasteiger partial charge in [-0.25, -0.2) is 0 Å². The molecule has 3 unspecified atom stereocenters. The van der Waals surface area contributed by atoms with Crippen LogP contribution in [0.25, 0.3) is 0 Å². The van der Waals surface area contributed by atoms with Gasteiger partial charge in [0, 0.05) is 32.7 Å². The molecule has 2 rings (SSSR count). The van der Waals surface area contributed by atoms with E-state index in [0.717, 1.165) is 19.5 Å². The van der Waals surface area contributed by atoms with E-state index in [2.05, 4.69) is 17.6 Å². The zero-order valence-corrected chi connectivity index (χ0v) is 13.6. The molecule has 2 fully saturated rings. The summed E-state index contributed by atoms with van der Waals surface area (Å²) in [6.07, 6.45) is 1.29. The molecule has 2 aliphatic heterocycles. The van der Waals surface area contributed by atoms with E-state index in [1.165, 1.54) is 0 Å². The zero-order valence-electron chi connectivity index (χ0n) is 12.8. The van der Waals surface area contributed by atoms with Crippen LogP contribution in [0.4, 0.5) is 0 Å². The Hall–Kier alpha value is -0.850. The molecule has 0 spiro atoms. The fraction of sp³-hybridized carbons (Fsp3) is 0.857. The van der Waals surface area contributed by atoms with E-state index in [0.29, 0.717) is 32.0 Å². The maximum absolute atomic E-state index is 12.3. The third-order valence-corrected chi connectivity index (χ3v) is 4.26. The molecular formula is C14H26ClN3O3. The lowest BCUT2D eigenvalue weighted by Gasteiger charge is -2.31. The van der Waals surface area contributed by atoms with Crippen molar-refractivity contribution in [2.24, 2.45) is 11.8 Å². The van der Waals surface area contributed by atoms with Crippen LogP contribution in [0.5, 0.6) is 0 Å². The van der Waals surface area contributed by atoms with Gasteiger partial charge in [0.15, 0.2) is 0 Å². The van der Waals surface area contributed by atoms with Gasteiger partial charge in [-0.1, -0.05) is 6.92 Å². The lowest BCUT2D eigenvalue weighted by Crippen LogP contribution is -2.50. The molecule has 2 N–H and O–H groups in total. The molecule has 0 aromatic rings. The summed E-state index contributed by atoms with van der Waals surface area (Å²) in [5, 5.41) is 6.44. The highest BCUT2D eigenvalue weighted by molar-refractivity contribution is 5.89. The Morgan fingerprint density at radius 2 is 2.29 bits per heavy atom. The first-order chi connectivity index (χ1) is 9.61. The molecule has 0 aromatic carbocycles. The molecule has 0 bridgehead atoms. The topological polar surface area (TPSA) is 70.7 Å². The summed E-state index contributed by atoms with van der Waals surface area (Å²) in [5.41, 5.74) is 0. The van der Waals surface area contributed by atoms with Gasteiger partial charge in [0.25, 0.3) is 0 Å². The van der Waals surface area contributed by atoms with Crippen molar-refractivity contribution in [2.45, 2.75) is 25.8 Å². The first-order valence-corrected chi connectivity index (χ1v) is 7.39. The van der Waals surface area contributed by atoms with Crippen molar-refractivity contribution in [1.29, 1.82) is 0 Å². The average molecular weight is 320 g/mol. The molecule has 2 aliphatic rings. The number of halogens is 1. The van der Waals surface area contributed by atoms with Gasteiger partial charge in [-0.3, -0.25) is 9.59 Å². The SMILES string of the molecule is COCCN1CC(C(=O)NC2CCNCC2C)CC1=O.Cl. The van der Waals surface area contributed by atoms with Crippen molar-refractivity contribution < 1.29 is 14.3 Å². The van der Waals surface area contributed by atoms with E-state index in [-0.39, 0.29) is 36.2 Å². The number of hydrogen-bond acceptors (Lipinski definition) is 4. The normalized spacial score (nSPS) is 29.1. The zero-order chi connectivity index (χ0) is 14.5. The van der Waals surface area contributed by atoms with Gasteiger partial charge in [-0.05, 0) is 25.4 Å². The summed E-state index contributed by atoms with van der Waals surface area (Å²) in [6, 6.07) is 0.229. The van der Waals surface area contributed by atoms with Crippen LogP contribution in [0, 0.1) is 11.8 Å². The minimum atomic E-state index is -0.207. The van der Waals surface area contributed by atoms with Crippen LogP contribution in [0.3, 0.4) is 0 Å². The van der Waals surface area contributed by atoms with Gasteiger partial charge in [-0.2, -0.15) is 0 Å². The lowest BCUT2D eigenvalue weighted by molar-refractivity contribution is -0.129. The van der Waals surface area contributed by atoms with E-state index < -0.39 is 0 Å². The molecule has 0 saturated carbocycles. The summed E-state index contributed by atoms with van der Waals surface area (Å²) in [5.74, 6) is 0.313. The number of nitrogens with one attached hydrogen (secondary N) is 2. The Labute approximate surface area is 132 Å². The van der Waals surface area contributed by atoms with Crippen molar-refractivity contribution in [2.75, 3.05) is 39.9 Å². The summed E-state index contributed by atoms with van der Waals surface area (Å²) in [6.45, 7) is 5.64. The monoisotopic (exact) mass is 319 g/mol. The second-order valence-corrected chi connectivity index (χ2v) is 5.82. The number of ether oxygens (including phenoxy) is 1. The van der Waals surface area contributed by atoms with E-state index in [1.54, 1.807) is 12.0 Å². The molecule has 2 amide bonds. The quantitative estimate of drug-likeness (QED) is 0.749. The second-order valence-electron chi connectivity index (χ2n) is 5.82. The number of nitrogens with zero attached hydrogens (tertiary/aromatic N) is 1. The Balaban J connectivity index is 0.00000220. The van der Waals surface area contributed by atoms with Gasteiger partial charge < -0.3 is 20.3 Å².